The van der Waals surface area contributed by atoms with Gasteiger partial charge in [0.05, 0.1) is 30.1 Å². The summed E-state index contributed by atoms with van der Waals surface area (Å²) in [6.07, 6.45) is 1.62. The second-order valence-electron chi connectivity index (χ2n) is 4.72. The fourth-order valence-electron chi connectivity index (χ4n) is 2.27. The first kappa shape index (κ1) is 14.1. The lowest BCUT2D eigenvalue weighted by molar-refractivity contribution is 0.0733. The van der Waals surface area contributed by atoms with Gasteiger partial charge >= 0.3 is 10.2 Å². The fraction of sp³-hybridized carbons (Fsp3) is 0.308. The van der Waals surface area contributed by atoms with Gasteiger partial charge in [0.25, 0.3) is 0 Å². The molecule has 8 heteroatoms. The Morgan fingerprint density at radius 3 is 2.76 bits per heavy atom. The molecule has 0 spiro atoms. The minimum Gasteiger partial charge on any atom is -0.397 e. The molecule has 0 unspecified atom stereocenters. The molecule has 1 aromatic heterocycles. The van der Waals surface area contributed by atoms with E-state index in [1.165, 1.54) is 4.31 Å². The summed E-state index contributed by atoms with van der Waals surface area (Å²) in [5.74, 6) is 0. The van der Waals surface area contributed by atoms with Crippen LogP contribution in [0.3, 0.4) is 0 Å². The molecule has 21 heavy (non-hydrogen) atoms. The smallest absolute Gasteiger partial charge is 0.301 e. The van der Waals surface area contributed by atoms with Gasteiger partial charge in [-0.25, -0.2) is 0 Å². The van der Waals surface area contributed by atoms with Gasteiger partial charge in [-0.15, -0.1) is 0 Å². The average Bonchev–Trinajstić information content (AvgIpc) is 2.51. The molecule has 2 heterocycles. The predicted octanol–water partition coefficient (Wildman–Crippen LogP) is 0.806. The monoisotopic (exact) mass is 308 g/mol. The maximum absolute atomic E-state index is 12.4. The van der Waals surface area contributed by atoms with Gasteiger partial charge in [0.2, 0.25) is 0 Å². The Kier molecular flexibility index (Phi) is 3.66. The zero-order valence-electron chi connectivity index (χ0n) is 11.3. The number of hydrogen-bond donors (Lipinski definition) is 2. The quantitative estimate of drug-likeness (QED) is 0.818. The Labute approximate surface area is 122 Å². The van der Waals surface area contributed by atoms with Crippen LogP contribution < -0.4 is 10.5 Å². The molecule has 0 atom stereocenters. The normalized spacial score (nSPS) is 17.0. The Hall–Kier alpha value is -1.90. The van der Waals surface area contributed by atoms with Gasteiger partial charge in [-0.3, -0.25) is 9.71 Å². The van der Waals surface area contributed by atoms with E-state index in [0.29, 0.717) is 48.6 Å². The first-order chi connectivity index (χ1) is 10.1. The number of anilines is 2. The highest BCUT2D eigenvalue weighted by Crippen LogP contribution is 2.27. The molecule has 1 aliphatic rings. The highest BCUT2D eigenvalue weighted by molar-refractivity contribution is 7.90. The predicted molar refractivity (Wildman–Crippen MR) is 81.1 cm³/mol. The van der Waals surface area contributed by atoms with E-state index >= 15 is 0 Å². The Balaban J connectivity index is 1.96. The molecule has 0 saturated carbocycles. The molecule has 1 aliphatic heterocycles. The van der Waals surface area contributed by atoms with Crippen LogP contribution in [0.25, 0.3) is 10.9 Å². The molecule has 0 aliphatic carbocycles. The van der Waals surface area contributed by atoms with Crippen molar-refractivity contribution in [2.45, 2.75) is 0 Å². The SMILES string of the molecule is Nc1ccc(NS(=O)(=O)N2CCOCC2)c2cccnc12. The standard InChI is InChI=1S/C13H16N4O3S/c14-11-3-4-12(10-2-1-5-15-13(10)11)16-21(18,19)17-6-8-20-9-7-17/h1-5,16H,6-9,14H2. The van der Waals surface area contributed by atoms with Crippen molar-refractivity contribution in [3.8, 4) is 0 Å². The van der Waals surface area contributed by atoms with Gasteiger partial charge in [-0.05, 0) is 24.3 Å². The van der Waals surface area contributed by atoms with E-state index in [1.807, 2.05) is 0 Å². The molecule has 1 fully saturated rings. The van der Waals surface area contributed by atoms with Crippen molar-refractivity contribution in [3.05, 3.63) is 30.5 Å². The number of rotatable bonds is 3. The molecule has 3 N–H and O–H groups in total. The number of morpholine rings is 1. The molecule has 3 rings (SSSR count). The zero-order valence-corrected chi connectivity index (χ0v) is 12.1. The van der Waals surface area contributed by atoms with Gasteiger partial charge in [0.1, 0.15) is 0 Å². The van der Waals surface area contributed by atoms with Crippen molar-refractivity contribution in [1.29, 1.82) is 0 Å². The summed E-state index contributed by atoms with van der Waals surface area (Å²) in [5, 5.41) is 0.675. The zero-order chi connectivity index (χ0) is 14.9. The lowest BCUT2D eigenvalue weighted by Crippen LogP contribution is -2.43. The van der Waals surface area contributed by atoms with Crippen molar-refractivity contribution in [3.63, 3.8) is 0 Å². The second-order valence-corrected chi connectivity index (χ2v) is 6.39. The van der Waals surface area contributed by atoms with Crippen molar-refractivity contribution >= 4 is 32.5 Å². The van der Waals surface area contributed by atoms with Crippen molar-refractivity contribution in [2.24, 2.45) is 0 Å². The maximum Gasteiger partial charge on any atom is 0.301 e. The van der Waals surface area contributed by atoms with Gasteiger partial charge in [-0.1, -0.05) is 0 Å². The third-order valence-corrected chi connectivity index (χ3v) is 4.87. The minimum absolute atomic E-state index is 0.348. The van der Waals surface area contributed by atoms with Crippen LogP contribution in [0.1, 0.15) is 0 Å². The van der Waals surface area contributed by atoms with Crippen LogP contribution in [0.5, 0.6) is 0 Å². The highest BCUT2D eigenvalue weighted by Gasteiger charge is 2.24. The molecule has 0 amide bonds. The summed E-state index contributed by atoms with van der Waals surface area (Å²) in [6.45, 7) is 1.51. The van der Waals surface area contributed by atoms with E-state index < -0.39 is 10.2 Å². The Morgan fingerprint density at radius 1 is 1.24 bits per heavy atom. The minimum atomic E-state index is -3.61. The summed E-state index contributed by atoms with van der Waals surface area (Å²) < 4.78 is 33.9. The van der Waals surface area contributed by atoms with Gasteiger partial charge in [0.15, 0.2) is 0 Å². The van der Waals surface area contributed by atoms with Gasteiger partial charge < -0.3 is 10.5 Å². The first-order valence-corrected chi connectivity index (χ1v) is 8.01. The summed E-state index contributed by atoms with van der Waals surface area (Å²) in [7, 11) is -3.61. The molecule has 0 bridgehead atoms. The number of aromatic nitrogens is 1. The Bertz CT molecular complexity index is 757. The number of fused-ring (bicyclic) bond motifs is 1. The summed E-state index contributed by atoms with van der Waals surface area (Å²) in [6, 6.07) is 6.83. The largest absolute Gasteiger partial charge is 0.397 e. The molecule has 7 nitrogen and oxygen atoms in total. The maximum atomic E-state index is 12.4. The Morgan fingerprint density at radius 2 is 2.00 bits per heavy atom. The van der Waals surface area contributed by atoms with Crippen molar-refractivity contribution in [1.82, 2.24) is 9.29 Å². The third kappa shape index (κ3) is 2.78. The van der Waals surface area contributed by atoms with Crippen molar-refractivity contribution in [2.75, 3.05) is 36.8 Å². The molecular formula is C13H16N4O3S. The van der Waals surface area contributed by atoms with Crippen LogP contribution in [0.2, 0.25) is 0 Å². The van der Waals surface area contributed by atoms with Crippen LogP contribution >= 0.6 is 0 Å². The van der Waals surface area contributed by atoms with Crippen molar-refractivity contribution < 1.29 is 13.2 Å². The number of ether oxygens (including phenoxy) is 1. The number of hydrogen-bond acceptors (Lipinski definition) is 5. The number of nitrogens with two attached hydrogens (primary N) is 1. The average molecular weight is 308 g/mol. The summed E-state index contributed by atoms with van der Waals surface area (Å²) in [4.78, 5) is 4.19. The van der Waals surface area contributed by atoms with E-state index in [4.69, 9.17) is 10.5 Å². The fourth-order valence-corrected chi connectivity index (χ4v) is 3.49. The van der Waals surface area contributed by atoms with E-state index in [-0.39, 0.29) is 0 Å². The lowest BCUT2D eigenvalue weighted by atomic mass is 10.1. The summed E-state index contributed by atoms with van der Waals surface area (Å²) >= 11 is 0. The van der Waals surface area contributed by atoms with Crippen LogP contribution in [-0.4, -0.2) is 44.0 Å². The molecule has 1 aromatic carbocycles. The van der Waals surface area contributed by atoms with E-state index in [1.54, 1.807) is 30.5 Å². The molecule has 1 saturated heterocycles. The molecule has 112 valence electrons. The summed E-state index contributed by atoms with van der Waals surface area (Å²) in [5.41, 5.74) is 7.43. The number of benzene rings is 1. The van der Waals surface area contributed by atoms with Crippen LogP contribution in [0, 0.1) is 0 Å². The van der Waals surface area contributed by atoms with Crippen LogP contribution in [0.15, 0.2) is 30.5 Å². The van der Waals surface area contributed by atoms with Crippen LogP contribution in [0.4, 0.5) is 11.4 Å². The van der Waals surface area contributed by atoms with E-state index in [2.05, 4.69) is 9.71 Å². The second kappa shape index (κ2) is 5.47. The first-order valence-electron chi connectivity index (χ1n) is 6.57. The molecule has 2 aromatic rings. The molecular weight excluding hydrogens is 292 g/mol. The number of nitrogens with zero attached hydrogens (tertiary/aromatic N) is 2. The van der Waals surface area contributed by atoms with Crippen LogP contribution in [-0.2, 0) is 14.9 Å². The lowest BCUT2D eigenvalue weighted by Gasteiger charge is -2.26. The topological polar surface area (TPSA) is 97.5 Å². The third-order valence-electron chi connectivity index (χ3n) is 3.35. The number of nitrogen functional groups attached to an aromatic ring is 1. The van der Waals surface area contributed by atoms with E-state index in [0.717, 1.165) is 0 Å². The van der Waals surface area contributed by atoms with E-state index in [9.17, 15) is 8.42 Å². The number of pyridine rings is 1. The highest BCUT2D eigenvalue weighted by atomic mass is 32.2. The van der Waals surface area contributed by atoms with Gasteiger partial charge in [0, 0.05) is 24.7 Å². The number of nitrogens with one attached hydrogen (secondary N) is 1. The van der Waals surface area contributed by atoms with Gasteiger partial charge in [-0.2, -0.15) is 12.7 Å². The molecule has 0 radical (unpaired) electrons.